The van der Waals surface area contributed by atoms with Gasteiger partial charge in [-0.25, -0.2) is 4.68 Å². The molecule has 1 aromatic carbocycles. The van der Waals surface area contributed by atoms with Crippen molar-refractivity contribution < 1.29 is 4.79 Å². The Morgan fingerprint density at radius 2 is 2.09 bits per heavy atom. The SMILES string of the molecule is CNC1CCCN(C(=O)c2cnn(-c3ccccc3C)c2C)C1. The second-order valence-electron chi connectivity index (χ2n) is 6.22. The number of nitrogens with one attached hydrogen (secondary N) is 1. The Labute approximate surface area is 137 Å². The molecule has 0 radical (unpaired) electrons. The number of hydrogen-bond donors (Lipinski definition) is 1. The number of para-hydroxylation sites is 1. The van der Waals surface area contributed by atoms with Crippen LogP contribution in [0, 0.1) is 13.8 Å². The largest absolute Gasteiger partial charge is 0.337 e. The monoisotopic (exact) mass is 312 g/mol. The van der Waals surface area contributed by atoms with Crippen LogP contribution in [0.15, 0.2) is 30.5 Å². The van der Waals surface area contributed by atoms with E-state index in [4.69, 9.17) is 0 Å². The van der Waals surface area contributed by atoms with Crippen molar-refractivity contribution in [3.05, 3.63) is 47.3 Å². The zero-order chi connectivity index (χ0) is 16.4. The third kappa shape index (κ3) is 3.01. The van der Waals surface area contributed by atoms with E-state index in [1.165, 1.54) is 0 Å². The Hall–Kier alpha value is -2.14. The fourth-order valence-corrected chi connectivity index (χ4v) is 3.23. The summed E-state index contributed by atoms with van der Waals surface area (Å²) in [7, 11) is 1.96. The summed E-state index contributed by atoms with van der Waals surface area (Å²) in [6.45, 7) is 5.61. The molecule has 5 heteroatoms. The van der Waals surface area contributed by atoms with Crippen LogP contribution >= 0.6 is 0 Å². The predicted molar refractivity (Wildman–Crippen MR) is 91.0 cm³/mol. The zero-order valence-corrected chi connectivity index (χ0v) is 14.0. The number of aryl methyl sites for hydroxylation is 1. The highest BCUT2D eigenvalue weighted by Crippen LogP contribution is 2.20. The molecule has 1 saturated heterocycles. The van der Waals surface area contributed by atoms with Crippen LogP contribution in [0.25, 0.3) is 5.69 Å². The Bertz CT molecular complexity index is 707. The van der Waals surface area contributed by atoms with Crippen molar-refractivity contribution in [3.8, 4) is 5.69 Å². The number of rotatable bonds is 3. The molecule has 1 atom stereocenters. The molecular weight excluding hydrogens is 288 g/mol. The molecule has 23 heavy (non-hydrogen) atoms. The van der Waals surface area contributed by atoms with E-state index in [1.54, 1.807) is 6.20 Å². The second kappa shape index (κ2) is 6.54. The number of aromatic nitrogens is 2. The van der Waals surface area contributed by atoms with Gasteiger partial charge in [-0.1, -0.05) is 18.2 Å². The van der Waals surface area contributed by atoms with E-state index in [2.05, 4.69) is 23.4 Å². The van der Waals surface area contributed by atoms with E-state index in [0.717, 1.165) is 42.9 Å². The summed E-state index contributed by atoms with van der Waals surface area (Å²) < 4.78 is 1.86. The number of likely N-dealkylation sites (tertiary alicyclic amines) is 1. The number of carbonyl (C=O) groups is 1. The molecule has 0 bridgehead atoms. The van der Waals surface area contributed by atoms with Gasteiger partial charge in [-0.15, -0.1) is 0 Å². The first-order valence-electron chi connectivity index (χ1n) is 8.19. The van der Waals surface area contributed by atoms with Gasteiger partial charge in [0, 0.05) is 19.1 Å². The summed E-state index contributed by atoms with van der Waals surface area (Å²) in [5.41, 5.74) is 3.77. The molecule has 1 unspecified atom stereocenters. The lowest BCUT2D eigenvalue weighted by molar-refractivity contribution is 0.0697. The van der Waals surface area contributed by atoms with Crippen molar-refractivity contribution in [2.75, 3.05) is 20.1 Å². The normalized spacial score (nSPS) is 18.2. The van der Waals surface area contributed by atoms with E-state index in [9.17, 15) is 4.79 Å². The van der Waals surface area contributed by atoms with E-state index in [-0.39, 0.29) is 5.91 Å². The van der Waals surface area contributed by atoms with E-state index in [1.807, 2.05) is 41.8 Å². The molecule has 1 aliphatic rings. The highest BCUT2D eigenvalue weighted by atomic mass is 16.2. The number of likely N-dealkylation sites (N-methyl/N-ethyl adjacent to an activating group) is 1. The summed E-state index contributed by atoms with van der Waals surface area (Å²) in [5.74, 6) is 0.0854. The zero-order valence-electron chi connectivity index (χ0n) is 14.0. The number of amides is 1. The first kappa shape index (κ1) is 15.7. The van der Waals surface area contributed by atoms with Crippen molar-refractivity contribution in [2.24, 2.45) is 0 Å². The number of benzene rings is 1. The molecule has 2 aromatic rings. The maximum Gasteiger partial charge on any atom is 0.257 e. The Morgan fingerprint density at radius 1 is 1.30 bits per heavy atom. The highest BCUT2D eigenvalue weighted by molar-refractivity contribution is 5.95. The van der Waals surface area contributed by atoms with Gasteiger partial charge in [0.25, 0.3) is 5.91 Å². The average Bonchev–Trinajstić information content (AvgIpc) is 2.96. The molecule has 0 spiro atoms. The number of piperidine rings is 1. The van der Waals surface area contributed by atoms with Crippen LogP contribution in [0.2, 0.25) is 0 Å². The minimum absolute atomic E-state index is 0.0854. The molecule has 122 valence electrons. The third-order valence-electron chi connectivity index (χ3n) is 4.70. The van der Waals surface area contributed by atoms with Crippen LogP contribution < -0.4 is 5.32 Å². The van der Waals surface area contributed by atoms with Crippen molar-refractivity contribution in [1.82, 2.24) is 20.0 Å². The van der Waals surface area contributed by atoms with Gasteiger partial charge in [-0.05, 0) is 45.4 Å². The predicted octanol–water partition coefficient (Wildman–Crippen LogP) is 2.31. The molecule has 1 fully saturated rings. The lowest BCUT2D eigenvalue weighted by atomic mass is 10.0. The smallest absolute Gasteiger partial charge is 0.257 e. The molecule has 0 saturated carbocycles. The van der Waals surface area contributed by atoms with Crippen molar-refractivity contribution in [2.45, 2.75) is 32.7 Å². The third-order valence-corrected chi connectivity index (χ3v) is 4.70. The standard InChI is InChI=1S/C18H24N4O/c1-13-7-4-5-9-17(13)22-14(2)16(11-20-22)18(23)21-10-6-8-15(12-21)19-3/h4-5,7,9,11,15,19H,6,8,10,12H2,1-3H3. The van der Waals surface area contributed by atoms with Crippen LogP contribution in [-0.4, -0.2) is 46.8 Å². The van der Waals surface area contributed by atoms with Crippen LogP contribution in [-0.2, 0) is 0 Å². The van der Waals surface area contributed by atoms with Crippen molar-refractivity contribution in [3.63, 3.8) is 0 Å². The van der Waals surface area contributed by atoms with Crippen LogP contribution in [0.4, 0.5) is 0 Å². The van der Waals surface area contributed by atoms with Gasteiger partial charge in [0.1, 0.15) is 0 Å². The molecule has 1 amide bonds. The maximum absolute atomic E-state index is 12.9. The molecule has 3 rings (SSSR count). The van der Waals surface area contributed by atoms with Crippen LogP contribution in [0.1, 0.15) is 34.5 Å². The van der Waals surface area contributed by atoms with Gasteiger partial charge in [0.15, 0.2) is 0 Å². The average molecular weight is 312 g/mol. The molecule has 1 aromatic heterocycles. The van der Waals surface area contributed by atoms with Crippen molar-refractivity contribution in [1.29, 1.82) is 0 Å². The molecule has 5 nitrogen and oxygen atoms in total. The molecule has 1 N–H and O–H groups in total. The Kier molecular flexibility index (Phi) is 4.48. The number of nitrogens with zero attached hydrogens (tertiary/aromatic N) is 3. The first-order chi connectivity index (χ1) is 11.1. The maximum atomic E-state index is 12.9. The summed E-state index contributed by atoms with van der Waals surface area (Å²) in [5, 5.41) is 7.73. The topological polar surface area (TPSA) is 50.2 Å². The van der Waals surface area contributed by atoms with Gasteiger partial charge in [0.2, 0.25) is 0 Å². The minimum atomic E-state index is 0.0854. The summed E-state index contributed by atoms with van der Waals surface area (Å²) in [4.78, 5) is 14.8. The van der Waals surface area contributed by atoms with Crippen LogP contribution in [0.3, 0.4) is 0 Å². The quantitative estimate of drug-likeness (QED) is 0.946. The van der Waals surface area contributed by atoms with E-state index >= 15 is 0 Å². The van der Waals surface area contributed by atoms with Gasteiger partial charge < -0.3 is 10.2 Å². The lowest BCUT2D eigenvalue weighted by Gasteiger charge is -2.32. The van der Waals surface area contributed by atoms with Crippen molar-refractivity contribution >= 4 is 5.91 Å². The summed E-state index contributed by atoms with van der Waals surface area (Å²) >= 11 is 0. The number of carbonyl (C=O) groups excluding carboxylic acids is 1. The van der Waals surface area contributed by atoms with Gasteiger partial charge in [-0.3, -0.25) is 4.79 Å². The Morgan fingerprint density at radius 3 is 2.83 bits per heavy atom. The van der Waals surface area contributed by atoms with Gasteiger partial charge in [0.05, 0.1) is 23.1 Å². The first-order valence-corrected chi connectivity index (χ1v) is 8.19. The summed E-state index contributed by atoms with van der Waals surface area (Å²) in [6.07, 6.45) is 3.87. The fourth-order valence-electron chi connectivity index (χ4n) is 3.23. The molecule has 0 aliphatic carbocycles. The van der Waals surface area contributed by atoms with Gasteiger partial charge >= 0.3 is 0 Å². The van der Waals surface area contributed by atoms with Gasteiger partial charge in [-0.2, -0.15) is 5.10 Å². The molecule has 2 heterocycles. The Balaban J connectivity index is 1.87. The highest BCUT2D eigenvalue weighted by Gasteiger charge is 2.26. The minimum Gasteiger partial charge on any atom is -0.337 e. The summed E-state index contributed by atoms with van der Waals surface area (Å²) in [6, 6.07) is 8.48. The lowest BCUT2D eigenvalue weighted by Crippen LogP contribution is -2.47. The molecular formula is C18H24N4O. The fraction of sp³-hybridized carbons (Fsp3) is 0.444. The molecule has 1 aliphatic heterocycles. The number of hydrogen-bond acceptors (Lipinski definition) is 3. The van der Waals surface area contributed by atoms with Crippen LogP contribution in [0.5, 0.6) is 0 Å². The second-order valence-corrected chi connectivity index (χ2v) is 6.22. The van der Waals surface area contributed by atoms with E-state index in [0.29, 0.717) is 11.6 Å². The van der Waals surface area contributed by atoms with E-state index < -0.39 is 0 Å².